The number of benzene rings is 2. The van der Waals surface area contributed by atoms with E-state index in [-0.39, 0.29) is 23.0 Å². The van der Waals surface area contributed by atoms with Gasteiger partial charge in [0.2, 0.25) is 10.0 Å². The molecule has 30 heavy (non-hydrogen) atoms. The van der Waals surface area contributed by atoms with Crippen molar-refractivity contribution in [2.75, 3.05) is 18.1 Å². The third kappa shape index (κ3) is 5.23. The Hall–Kier alpha value is -3.22. The molecule has 1 aliphatic rings. The van der Waals surface area contributed by atoms with Gasteiger partial charge in [0.25, 0.3) is 5.91 Å². The fraction of sp³-hybridized carbons (Fsp3) is 0.286. The van der Waals surface area contributed by atoms with Crippen LogP contribution in [0.25, 0.3) is 0 Å². The maximum Gasteiger partial charge on any atom is 0.338 e. The minimum absolute atomic E-state index is 0.0336. The van der Waals surface area contributed by atoms with E-state index in [1.54, 1.807) is 37.3 Å². The molecule has 0 unspecified atom stereocenters. The molecule has 156 valence electrons. The average Bonchev–Trinajstić information content (AvgIpc) is 3.54. The van der Waals surface area contributed by atoms with Gasteiger partial charge in [-0.1, -0.05) is 24.3 Å². The van der Waals surface area contributed by atoms with Crippen LogP contribution >= 0.6 is 0 Å². The summed E-state index contributed by atoms with van der Waals surface area (Å²) >= 11 is 0. The molecule has 0 saturated heterocycles. The Morgan fingerprint density at radius 2 is 1.90 bits per heavy atom. The van der Waals surface area contributed by atoms with Gasteiger partial charge in [0.15, 0.2) is 6.61 Å². The summed E-state index contributed by atoms with van der Waals surface area (Å²) in [7, 11) is -3.73. The lowest BCUT2D eigenvalue weighted by atomic mass is 10.1. The monoisotopic (exact) mass is 427 g/mol. The highest BCUT2D eigenvalue weighted by atomic mass is 32.2. The average molecular weight is 427 g/mol. The molecule has 0 radical (unpaired) electrons. The number of carbonyl (C=O) groups is 2. The molecule has 2 aromatic rings. The van der Waals surface area contributed by atoms with Crippen molar-refractivity contribution in [3.63, 3.8) is 0 Å². The van der Waals surface area contributed by atoms with Crippen LogP contribution in [0.5, 0.6) is 0 Å². The number of para-hydroxylation sites is 1. The Morgan fingerprint density at radius 1 is 1.20 bits per heavy atom. The SMILES string of the molecule is Cc1ccc(S(=O)(=O)NC2CC2)cc1C(=O)OCC(=O)N(CC#N)c1ccccc1. The Bertz CT molecular complexity index is 1090. The maximum absolute atomic E-state index is 12.5. The van der Waals surface area contributed by atoms with Gasteiger partial charge in [0.1, 0.15) is 6.54 Å². The highest BCUT2D eigenvalue weighted by Gasteiger charge is 2.29. The maximum atomic E-state index is 12.5. The van der Waals surface area contributed by atoms with E-state index < -0.39 is 28.5 Å². The summed E-state index contributed by atoms with van der Waals surface area (Å²) in [6.07, 6.45) is 1.59. The van der Waals surface area contributed by atoms with Crippen LogP contribution in [0.1, 0.15) is 28.8 Å². The van der Waals surface area contributed by atoms with Crippen molar-refractivity contribution in [3.05, 3.63) is 59.7 Å². The van der Waals surface area contributed by atoms with E-state index in [2.05, 4.69) is 4.72 Å². The lowest BCUT2D eigenvalue weighted by molar-refractivity contribution is -0.121. The van der Waals surface area contributed by atoms with Gasteiger partial charge in [0.05, 0.1) is 16.5 Å². The summed E-state index contributed by atoms with van der Waals surface area (Å²) in [5, 5.41) is 9.00. The summed E-state index contributed by atoms with van der Waals surface area (Å²) < 4.78 is 32.5. The number of hydrogen-bond acceptors (Lipinski definition) is 6. The molecule has 1 amide bonds. The van der Waals surface area contributed by atoms with Crippen LogP contribution in [0, 0.1) is 18.3 Å². The van der Waals surface area contributed by atoms with Crippen molar-refractivity contribution in [2.24, 2.45) is 0 Å². The summed E-state index contributed by atoms with van der Waals surface area (Å²) in [4.78, 5) is 26.2. The molecule has 0 spiro atoms. The molecule has 0 heterocycles. The van der Waals surface area contributed by atoms with Gasteiger partial charge in [-0.15, -0.1) is 0 Å². The second kappa shape index (κ2) is 9.07. The van der Waals surface area contributed by atoms with Crippen LogP contribution < -0.4 is 9.62 Å². The van der Waals surface area contributed by atoms with Gasteiger partial charge in [0, 0.05) is 11.7 Å². The number of nitrogens with one attached hydrogen (secondary N) is 1. The van der Waals surface area contributed by atoms with Crippen molar-refractivity contribution in [2.45, 2.75) is 30.7 Å². The zero-order valence-electron chi connectivity index (χ0n) is 16.4. The van der Waals surface area contributed by atoms with Crippen LogP contribution in [-0.4, -0.2) is 39.5 Å². The second-order valence-electron chi connectivity index (χ2n) is 6.92. The molecule has 2 aromatic carbocycles. The van der Waals surface area contributed by atoms with E-state index in [0.29, 0.717) is 11.3 Å². The van der Waals surface area contributed by atoms with E-state index in [4.69, 9.17) is 10.00 Å². The van der Waals surface area contributed by atoms with Crippen LogP contribution in [0.15, 0.2) is 53.4 Å². The number of hydrogen-bond donors (Lipinski definition) is 1. The van der Waals surface area contributed by atoms with Gasteiger partial charge in [-0.3, -0.25) is 9.69 Å². The molecule has 0 atom stereocenters. The van der Waals surface area contributed by atoms with Crippen molar-refractivity contribution in [1.29, 1.82) is 5.26 Å². The largest absolute Gasteiger partial charge is 0.452 e. The smallest absolute Gasteiger partial charge is 0.338 e. The lowest BCUT2D eigenvalue weighted by Crippen LogP contribution is -2.35. The zero-order chi connectivity index (χ0) is 21.7. The van der Waals surface area contributed by atoms with E-state index >= 15 is 0 Å². The van der Waals surface area contributed by atoms with Crippen LogP contribution in [0.2, 0.25) is 0 Å². The Balaban J connectivity index is 1.71. The number of sulfonamides is 1. The summed E-state index contributed by atoms with van der Waals surface area (Å²) in [5.41, 5.74) is 1.10. The Morgan fingerprint density at radius 3 is 2.53 bits per heavy atom. The minimum atomic E-state index is -3.73. The third-order valence-corrected chi connectivity index (χ3v) is 6.08. The topological polar surface area (TPSA) is 117 Å². The quantitative estimate of drug-likeness (QED) is 0.510. The molecule has 8 nitrogen and oxygen atoms in total. The highest BCUT2D eigenvalue weighted by Crippen LogP contribution is 2.23. The number of rotatable bonds is 8. The van der Waals surface area contributed by atoms with Gasteiger partial charge in [-0.05, 0) is 49.6 Å². The molecule has 1 aliphatic carbocycles. The number of nitriles is 1. The molecule has 0 aliphatic heterocycles. The predicted molar refractivity (Wildman–Crippen MR) is 109 cm³/mol. The Kier molecular flexibility index (Phi) is 6.50. The van der Waals surface area contributed by atoms with Gasteiger partial charge >= 0.3 is 5.97 Å². The summed E-state index contributed by atoms with van der Waals surface area (Å²) in [5.74, 6) is -1.37. The molecule has 9 heteroatoms. The van der Waals surface area contributed by atoms with Crippen LogP contribution in [-0.2, 0) is 19.6 Å². The van der Waals surface area contributed by atoms with Crippen molar-refractivity contribution in [3.8, 4) is 6.07 Å². The molecule has 1 saturated carbocycles. The fourth-order valence-corrected chi connectivity index (χ4v) is 4.09. The second-order valence-corrected chi connectivity index (χ2v) is 8.64. The summed E-state index contributed by atoms with van der Waals surface area (Å²) in [6, 6.07) is 14.6. The number of carbonyl (C=O) groups excluding carboxylic acids is 2. The first-order valence-corrected chi connectivity index (χ1v) is 10.8. The number of anilines is 1. The predicted octanol–water partition coefficient (Wildman–Crippen LogP) is 2.15. The van der Waals surface area contributed by atoms with Crippen molar-refractivity contribution in [1.82, 2.24) is 4.72 Å². The van der Waals surface area contributed by atoms with Gasteiger partial charge in [-0.2, -0.15) is 5.26 Å². The number of aryl methyl sites for hydroxylation is 1. The number of ether oxygens (including phenoxy) is 1. The molecule has 1 fully saturated rings. The normalized spacial score (nSPS) is 13.3. The van der Waals surface area contributed by atoms with E-state index in [9.17, 15) is 18.0 Å². The van der Waals surface area contributed by atoms with Crippen molar-refractivity contribution < 1.29 is 22.7 Å². The Labute approximate surface area is 175 Å². The number of amides is 1. The molecular formula is C21H21N3O5S. The van der Waals surface area contributed by atoms with Crippen LogP contribution in [0.3, 0.4) is 0 Å². The standard InChI is InChI=1S/C21H21N3O5S/c1-15-7-10-18(30(27,28)23-16-8-9-16)13-19(15)21(26)29-14-20(25)24(12-11-22)17-5-3-2-4-6-17/h2-7,10,13,16,23H,8-9,12,14H2,1H3. The van der Waals surface area contributed by atoms with Crippen molar-refractivity contribution >= 4 is 27.6 Å². The molecule has 0 aromatic heterocycles. The van der Waals surface area contributed by atoms with Crippen LogP contribution in [0.4, 0.5) is 5.69 Å². The lowest BCUT2D eigenvalue weighted by Gasteiger charge is -2.19. The van der Waals surface area contributed by atoms with E-state index in [0.717, 1.165) is 12.8 Å². The zero-order valence-corrected chi connectivity index (χ0v) is 17.2. The summed E-state index contributed by atoms with van der Waals surface area (Å²) in [6.45, 7) is 0.876. The molecular weight excluding hydrogens is 406 g/mol. The van der Waals surface area contributed by atoms with Gasteiger partial charge < -0.3 is 4.74 Å². The molecule has 0 bridgehead atoms. The number of esters is 1. The first-order chi connectivity index (χ1) is 14.3. The molecule has 1 N–H and O–H groups in total. The molecule has 3 rings (SSSR count). The van der Waals surface area contributed by atoms with E-state index in [1.165, 1.54) is 23.1 Å². The fourth-order valence-electron chi connectivity index (χ4n) is 2.76. The number of nitrogens with zero attached hydrogens (tertiary/aromatic N) is 2. The minimum Gasteiger partial charge on any atom is -0.452 e. The highest BCUT2D eigenvalue weighted by molar-refractivity contribution is 7.89. The first-order valence-electron chi connectivity index (χ1n) is 9.34. The first kappa shape index (κ1) is 21.5. The third-order valence-electron chi connectivity index (χ3n) is 4.56. The van der Waals surface area contributed by atoms with Gasteiger partial charge in [-0.25, -0.2) is 17.9 Å². The van der Waals surface area contributed by atoms with E-state index in [1.807, 2.05) is 6.07 Å².